The van der Waals surface area contributed by atoms with E-state index in [0.29, 0.717) is 35.4 Å². The fraction of sp³-hybridized carbons (Fsp3) is 0.526. The van der Waals surface area contributed by atoms with Gasteiger partial charge in [0.25, 0.3) is 0 Å². The molecular formula is C19H29Cl3N2O4. The number of phenols is 1. The minimum absolute atomic E-state index is 0. The molecule has 160 valence electrons. The van der Waals surface area contributed by atoms with E-state index in [9.17, 15) is 9.90 Å². The van der Waals surface area contributed by atoms with E-state index in [1.54, 1.807) is 13.0 Å². The number of benzene rings is 1. The van der Waals surface area contributed by atoms with E-state index in [-0.39, 0.29) is 47.8 Å². The van der Waals surface area contributed by atoms with E-state index < -0.39 is 5.97 Å². The smallest absolute Gasteiger partial charge is 0.342 e. The summed E-state index contributed by atoms with van der Waals surface area (Å²) >= 11 is 6.36. The quantitative estimate of drug-likeness (QED) is 0.591. The Labute approximate surface area is 183 Å². The van der Waals surface area contributed by atoms with Crippen molar-refractivity contribution in [1.29, 1.82) is 0 Å². The van der Waals surface area contributed by atoms with Crippen molar-refractivity contribution in [2.24, 2.45) is 0 Å². The normalized spacial score (nSPS) is 10.9. The molecule has 1 aromatic carbocycles. The van der Waals surface area contributed by atoms with Crippen LogP contribution in [0.1, 0.15) is 35.5 Å². The van der Waals surface area contributed by atoms with E-state index in [0.717, 1.165) is 13.1 Å². The van der Waals surface area contributed by atoms with E-state index in [1.165, 1.54) is 0 Å². The fourth-order valence-electron chi connectivity index (χ4n) is 2.96. The summed E-state index contributed by atoms with van der Waals surface area (Å²) in [6.45, 7) is 9.07. The first-order valence-corrected chi connectivity index (χ1v) is 9.15. The van der Waals surface area contributed by atoms with Crippen molar-refractivity contribution in [2.45, 2.75) is 27.3 Å². The highest BCUT2D eigenvalue weighted by molar-refractivity contribution is 6.38. The molecule has 1 heterocycles. The second-order valence-electron chi connectivity index (χ2n) is 6.51. The first-order chi connectivity index (χ1) is 12.3. The molecule has 0 fully saturated rings. The highest BCUT2D eigenvalue weighted by Crippen LogP contribution is 2.40. The van der Waals surface area contributed by atoms with Gasteiger partial charge in [-0.3, -0.25) is 0 Å². The van der Waals surface area contributed by atoms with Crippen LogP contribution in [0.5, 0.6) is 5.75 Å². The zero-order valence-electron chi connectivity index (χ0n) is 16.9. The van der Waals surface area contributed by atoms with Crippen molar-refractivity contribution < 1.29 is 19.1 Å². The highest BCUT2D eigenvalue weighted by Gasteiger charge is 2.25. The molecule has 1 aromatic heterocycles. The molecule has 0 atom stereocenters. The molecule has 0 saturated heterocycles. The van der Waals surface area contributed by atoms with E-state index in [4.69, 9.17) is 20.8 Å². The van der Waals surface area contributed by atoms with Crippen LogP contribution in [-0.4, -0.2) is 61.2 Å². The lowest BCUT2D eigenvalue weighted by Crippen LogP contribution is -2.28. The summed E-state index contributed by atoms with van der Waals surface area (Å²) in [5.74, 6) is -0.0999. The zero-order valence-corrected chi connectivity index (χ0v) is 19.3. The number of esters is 1. The number of hydrogen-bond acceptors (Lipinski definition) is 6. The zero-order chi connectivity index (χ0) is 19.4. The van der Waals surface area contributed by atoms with Crippen LogP contribution in [0.2, 0.25) is 5.02 Å². The molecule has 2 aromatic rings. The summed E-state index contributed by atoms with van der Waals surface area (Å²) in [7, 11) is 3.78. The number of phenolic OH excluding ortho intramolecular Hbond substituents is 1. The fourth-order valence-corrected chi connectivity index (χ4v) is 3.27. The van der Waals surface area contributed by atoms with Gasteiger partial charge in [-0.05, 0) is 40.2 Å². The van der Waals surface area contributed by atoms with Crippen molar-refractivity contribution >= 4 is 53.4 Å². The summed E-state index contributed by atoms with van der Waals surface area (Å²) in [5, 5.41) is 10.9. The third-order valence-corrected chi connectivity index (χ3v) is 4.74. The Hall–Kier alpha value is -1.18. The highest BCUT2D eigenvalue weighted by atomic mass is 35.5. The molecule has 0 aliphatic heterocycles. The first kappa shape index (κ1) is 26.8. The van der Waals surface area contributed by atoms with Gasteiger partial charge in [-0.2, -0.15) is 0 Å². The Balaban J connectivity index is 0.00000364. The monoisotopic (exact) mass is 454 g/mol. The lowest BCUT2D eigenvalue weighted by molar-refractivity contribution is 0.0466. The van der Waals surface area contributed by atoms with Crippen LogP contribution in [-0.2, 0) is 11.3 Å². The maximum atomic E-state index is 12.6. The van der Waals surface area contributed by atoms with Gasteiger partial charge < -0.3 is 24.1 Å². The maximum Gasteiger partial charge on any atom is 0.342 e. The van der Waals surface area contributed by atoms with Crippen LogP contribution in [0.3, 0.4) is 0 Å². The number of hydrogen-bond donors (Lipinski definition) is 1. The predicted molar refractivity (Wildman–Crippen MR) is 118 cm³/mol. The number of nitrogens with zero attached hydrogens (tertiary/aromatic N) is 2. The Bertz CT molecular complexity index is 789. The van der Waals surface area contributed by atoms with Crippen LogP contribution in [0.4, 0.5) is 0 Å². The van der Waals surface area contributed by atoms with Crippen molar-refractivity contribution in [3.63, 3.8) is 0 Å². The van der Waals surface area contributed by atoms with Crippen molar-refractivity contribution in [3.05, 3.63) is 28.0 Å². The van der Waals surface area contributed by atoms with E-state index in [1.807, 2.05) is 19.0 Å². The van der Waals surface area contributed by atoms with Crippen LogP contribution >= 0.6 is 36.4 Å². The second kappa shape index (κ2) is 11.7. The second-order valence-corrected chi connectivity index (χ2v) is 6.88. The lowest BCUT2D eigenvalue weighted by atomic mass is 10.1. The largest absolute Gasteiger partial charge is 0.506 e. The number of aromatic hydroxyl groups is 1. The minimum atomic E-state index is -0.491. The van der Waals surface area contributed by atoms with Gasteiger partial charge in [0, 0.05) is 18.7 Å². The summed E-state index contributed by atoms with van der Waals surface area (Å²) in [6.07, 6.45) is 0. The van der Waals surface area contributed by atoms with Gasteiger partial charge in [-0.1, -0.05) is 25.4 Å². The number of likely N-dealkylation sites (N-methyl/N-ethyl adjacent to an activating group) is 1. The van der Waals surface area contributed by atoms with E-state index in [2.05, 4.69) is 18.7 Å². The molecule has 28 heavy (non-hydrogen) atoms. The number of fused-ring (bicyclic) bond motifs is 1. The number of rotatable bonds is 8. The van der Waals surface area contributed by atoms with Gasteiger partial charge in [0.15, 0.2) is 0 Å². The lowest BCUT2D eigenvalue weighted by Gasteiger charge is -2.17. The summed E-state index contributed by atoms with van der Waals surface area (Å²) in [5.41, 5.74) is 1.39. The minimum Gasteiger partial charge on any atom is -0.506 e. The molecule has 0 amide bonds. The standard InChI is InChI=1S/C19H27ClN2O4.2ClH/c1-6-22(7-2)8-9-25-19(24)15-12(3)26-14-10-13(11-21(4)5)18(23)17(20)16(14)15;;/h10,23H,6-9,11H2,1-5H3;2*1H. The van der Waals surface area contributed by atoms with Gasteiger partial charge in [-0.15, -0.1) is 24.8 Å². The first-order valence-electron chi connectivity index (χ1n) is 8.77. The molecule has 6 nitrogen and oxygen atoms in total. The van der Waals surface area contributed by atoms with Gasteiger partial charge in [-0.25, -0.2) is 4.79 Å². The molecule has 0 unspecified atom stereocenters. The van der Waals surface area contributed by atoms with Gasteiger partial charge in [0.05, 0.1) is 10.4 Å². The Morgan fingerprint density at radius 2 is 1.86 bits per heavy atom. The van der Waals surface area contributed by atoms with Crippen LogP contribution < -0.4 is 0 Å². The van der Waals surface area contributed by atoms with Crippen molar-refractivity contribution in [1.82, 2.24) is 9.80 Å². The average molecular weight is 456 g/mol. The molecule has 0 bridgehead atoms. The van der Waals surface area contributed by atoms with Gasteiger partial charge in [0.2, 0.25) is 0 Å². The number of furan rings is 1. The summed E-state index contributed by atoms with van der Waals surface area (Å²) in [6, 6.07) is 1.72. The topological polar surface area (TPSA) is 66.2 Å². The number of halogens is 3. The molecule has 0 saturated carbocycles. The van der Waals surface area contributed by atoms with Crippen LogP contribution in [0, 0.1) is 6.92 Å². The molecule has 1 N–H and O–H groups in total. The molecular weight excluding hydrogens is 427 g/mol. The predicted octanol–water partition coefficient (Wildman–Crippen LogP) is 4.50. The number of aryl methyl sites for hydroxylation is 1. The van der Waals surface area contributed by atoms with Gasteiger partial charge in [0.1, 0.15) is 29.3 Å². The molecule has 0 spiro atoms. The average Bonchev–Trinajstić information content (AvgIpc) is 2.92. The third-order valence-electron chi connectivity index (χ3n) is 4.37. The third kappa shape index (κ3) is 5.91. The number of ether oxygens (including phenoxy) is 1. The Morgan fingerprint density at radius 3 is 2.39 bits per heavy atom. The molecule has 9 heteroatoms. The summed E-state index contributed by atoms with van der Waals surface area (Å²) in [4.78, 5) is 16.7. The SMILES string of the molecule is CCN(CC)CCOC(=O)c1c(C)oc2cc(CN(C)C)c(O)c(Cl)c12.Cl.Cl. The number of carbonyl (C=O) groups is 1. The Kier molecular flexibility index (Phi) is 11.2. The van der Waals surface area contributed by atoms with Crippen LogP contribution in [0.15, 0.2) is 10.5 Å². The Morgan fingerprint density at radius 1 is 1.25 bits per heavy atom. The maximum absolute atomic E-state index is 12.6. The van der Waals surface area contributed by atoms with Crippen molar-refractivity contribution in [3.8, 4) is 5.75 Å². The summed E-state index contributed by atoms with van der Waals surface area (Å²) < 4.78 is 11.1. The number of carbonyl (C=O) groups excluding carboxylic acids is 1. The molecule has 2 rings (SSSR count). The molecule has 0 aliphatic rings. The molecule has 0 aliphatic carbocycles. The van der Waals surface area contributed by atoms with E-state index >= 15 is 0 Å². The van der Waals surface area contributed by atoms with Crippen molar-refractivity contribution in [2.75, 3.05) is 40.3 Å². The molecule has 0 radical (unpaired) electrons. The van der Waals surface area contributed by atoms with Gasteiger partial charge >= 0.3 is 5.97 Å². The van der Waals surface area contributed by atoms with Crippen LogP contribution in [0.25, 0.3) is 11.0 Å².